The van der Waals surface area contributed by atoms with E-state index in [-0.39, 0.29) is 19.1 Å². The Balaban J connectivity index is 2.45. The van der Waals surface area contributed by atoms with Crippen molar-refractivity contribution in [1.29, 1.82) is 0 Å². The zero-order valence-corrected chi connectivity index (χ0v) is 11.5. The number of hydrogen-bond acceptors (Lipinski definition) is 4. The standard InChI is InChI=1S/C13H18F2N4O/c1-9(2)10-7-11-13(16-3-4-19(11)17-10)18(5-6-20)8-12(14)15/h3-4,7,9,12,20H,5-6,8H2,1-2H3. The summed E-state index contributed by atoms with van der Waals surface area (Å²) in [5.41, 5.74) is 1.55. The lowest BCUT2D eigenvalue weighted by Gasteiger charge is -2.22. The quantitative estimate of drug-likeness (QED) is 0.880. The van der Waals surface area contributed by atoms with Gasteiger partial charge in [0.1, 0.15) is 5.52 Å². The van der Waals surface area contributed by atoms with Crippen molar-refractivity contribution in [1.82, 2.24) is 14.6 Å². The van der Waals surface area contributed by atoms with E-state index >= 15 is 0 Å². The molecule has 110 valence electrons. The highest BCUT2D eigenvalue weighted by Crippen LogP contribution is 2.23. The van der Waals surface area contributed by atoms with E-state index in [2.05, 4.69) is 10.1 Å². The van der Waals surface area contributed by atoms with Gasteiger partial charge < -0.3 is 10.0 Å². The van der Waals surface area contributed by atoms with Crippen LogP contribution in [0.1, 0.15) is 25.5 Å². The summed E-state index contributed by atoms with van der Waals surface area (Å²) in [4.78, 5) is 5.55. The summed E-state index contributed by atoms with van der Waals surface area (Å²) in [5.74, 6) is 0.658. The van der Waals surface area contributed by atoms with Crippen LogP contribution in [0, 0.1) is 0 Å². The van der Waals surface area contributed by atoms with Gasteiger partial charge in [0.2, 0.25) is 0 Å². The molecule has 7 heteroatoms. The predicted molar refractivity (Wildman–Crippen MR) is 72.4 cm³/mol. The SMILES string of the molecule is CC(C)c1cc2c(N(CCO)CC(F)F)nccn2n1. The molecule has 2 heterocycles. The Morgan fingerprint density at radius 3 is 2.75 bits per heavy atom. The van der Waals surface area contributed by atoms with Crippen molar-refractivity contribution in [2.45, 2.75) is 26.2 Å². The fraction of sp³-hybridized carbons (Fsp3) is 0.538. The van der Waals surface area contributed by atoms with Crippen molar-refractivity contribution in [2.24, 2.45) is 0 Å². The maximum atomic E-state index is 12.7. The van der Waals surface area contributed by atoms with Crippen LogP contribution in [0.5, 0.6) is 0 Å². The number of anilines is 1. The van der Waals surface area contributed by atoms with Gasteiger partial charge in [0.15, 0.2) is 5.82 Å². The van der Waals surface area contributed by atoms with E-state index < -0.39 is 13.0 Å². The van der Waals surface area contributed by atoms with Crippen LogP contribution < -0.4 is 4.90 Å². The average Bonchev–Trinajstić information content (AvgIpc) is 2.81. The Labute approximate surface area is 115 Å². The normalized spacial score (nSPS) is 11.8. The first kappa shape index (κ1) is 14.6. The van der Waals surface area contributed by atoms with Gasteiger partial charge in [0, 0.05) is 18.9 Å². The van der Waals surface area contributed by atoms with E-state index in [4.69, 9.17) is 5.11 Å². The lowest BCUT2D eigenvalue weighted by Crippen LogP contribution is -2.32. The number of aliphatic hydroxyl groups is 1. The Kier molecular flexibility index (Phi) is 4.49. The molecule has 0 atom stereocenters. The summed E-state index contributed by atoms with van der Waals surface area (Å²) in [7, 11) is 0. The van der Waals surface area contributed by atoms with Crippen molar-refractivity contribution < 1.29 is 13.9 Å². The first-order chi connectivity index (χ1) is 9.52. The molecule has 0 saturated carbocycles. The van der Waals surface area contributed by atoms with Gasteiger partial charge in [-0.15, -0.1) is 0 Å². The van der Waals surface area contributed by atoms with Gasteiger partial charge in [-0.1, -0.05) is 13.8 Å². The highest BCUT2D eigenvalue weighted by Gasteiger charge is 2.18. The number of aliphatic hydroxyl groups excluding tert-OH is 1. The van der Waals surface area contributed by atoms with E-state index in [9.17, 15) is 8.78 Å². The molecule has 0 aromatic carbocycles. The number of aromatic nitrogens is 3. The Morgan fingerprint density at radius 1 is 1.40 bits per heavy atom. The van der Waals surface area contributed by atoms with Crippen LogP contribution in [-0.4, -0.2) is 45.8 Å². The van der Waals surface area contributed by atoms with Crippen LogP contribution >= 0.6 is 0 Å². The van der Waals surface area contributed by atoms with Crippen molar-refractivity contribution in [2.75, 3.05) is 24.6 Å². The first-order valence-electron chi connectivity index (χ1n) is 6.51. The van der Waals surface area contributed by atoms with Crippen LogP contribution in [0.4, 0.5) is 14.6 Å². The molecule has 0 aliphatic heterocycles. The van der Waals surface area contributed by atoms with Crippen molar-refractivity contribution in [3.63, 3.8) is 0 Å². The molecular weight excluding hydrogens is 266 g/mol. The highest BCUT2D eigenvalue weighted by molar-refractivity contribution is 5.69. The Bertz CT molecular complexity index is 570. The summed E-state index contributed by atoms with van der Waals surface area (Å²) < 4.78 is 26.9. The molecule has 5 nitrogen and oxygen atoms in total. The third-order valence-electron chi connectivity index (χ3n) is 3.01. The van der Waals surface area contributed by atoms with Gasteiger partial charge in [-0.05, 0) is 12.0 Å². The van der Waals surface area contributed by atoms with Gasteiger partial charge in [-0.3, -0.25) is 0 Å². The third kappa shape index (κ3) is 3.04. The molecule has 0 spiro atoms. The fourth-order valence-electron chi connectivity index (χ4n) is 2.02. The highest BCUT2D eigenvalue weighted by atomic mass is 19.3. The molecule has 2 aromatic heterocycles. The number of rotatable bonds is 6. The van der Waals surface area contributed by atoms with Gasteiger partial charge in [-0.2, -0.15) is 5.10 Å². The molecule has 0 bridgehead atoms. The van der Waals surface area contributed by atoms with Gasteiger partial charge in [0.25, 0.3) is 6.43 Å². The van der Waals surface area contributed by atoms with Crippen LogP contribution in [0.2, 0.25) is 0 Å². The van der Waals surface area contributed by atoms with Gasteiger partial charge in [0.05, 0.1) is 18.8 Å². The van der Waals surface area contributed by atoms with E-state index in [0.717, 1.165) is 5.69 Å². The average molecular weight is 284 g/mol. The van der Waals surface area contributed by atoms with E-state index in [1.54, 1.807) is 10.7 Å². The third-order valence-corrected chi connectivity index (χ3v) is 3.01. The predicted octanol–water partition coefficient (Wildman–Crippen LogP) is 1.92. The molecule has 1 N–H and O–H groups in total. The second-order valence-electron chi connectivity index (χ2n) is 4.87. The number of alkyl halides is 2. The monoisotopic (exact) mass is 284 g/mol. The molecule has 0 fully saturated rings. The molecule has 0 aliphatic rings. The first-order valence-corrected chi connectivity index (χ1v) is 6.51. The molecule has 20 heavy (non-hydrogen) atoms. The zero-order valence-electron chi connectivity index (χ0n) is 11.5. The summed E-state index contributed by atoms with van der Waals surface area (Å²) in [6, 6.07) is 1.85. The minimum absolute atomic E-state index is 0.110. The van der Waals surface area contributed by atoms with E-state index in [1.165, 1.54) is 11.1 Å². The number of fused-ring (bicyclic) bond motifs is 1. The van der Waals surface area contributed by atoms with Gasteiger partial charge >= 0.3 is 0 Å². The summed E-state index contributed by atoms with van der Waals surface area (Å²) in [6.07, 6.45) is 0.718. The second-order valence-corrected chi connectivity index (χ2v) is 4.87. The van der Waals surface area contributed by atoms with E-state index in [1.807, 2.05) is 19.9 Å². The number of hydrogen-bond donors (Lipinski definition) is 1. The molecule has 0 saturated heterocycles. The van der Waals surface area contributed by atoms with Crippen LogP contribution in [-0.2, 0) is 0 Å². The van der Waals surface area contributed by atoms with Crippen LogP contribution in [0.15, 0.2) is 18.5 Å². The summed E-state index contributed by atoms with van der Waals surface area (Å²) in [5, 5.41) is 13.4. The molecule has 2 aromatic rings. The maximum Gasteiger partial charge on any atom is 0.255 e. The number of nitrogens with zero attached hydrogens (tertiary/aromatic N) is 4. The van der Waals surface area contributed by atoms with Crippen molar-refractivity contribution in [3.05, 3.63) is 24.2 Å². The minimum atomic E-state index is -2.49. The fourth-order valence-corrected chi connectivity index (χ4v) is 2.02. The minimum Gasteiger partial charge on any atom is -0.395 e. The van der Waals surface area contributed by atoms with Gasteiger partial charge in [-0.25, -0.2) is 18.3 Å². The number of halogens is 2. The van der Waals surface area contributed by atoms with E-state index in [0.29, 0.717) is 11.3 Å². The van der Waals surface area contributed by atoms with Crippen LogP contribution in [0.25, 0.3) is 5.52 Å². The topological polar surface area (TPSA) is 53.7 Å². The molecule has 0 amide bonds. The molecular formula is C13H18F2N4O. The Morgan fingerprint density at radius 2 is 2.15 bits per heavy atom. The summed E-state index contributed by atoms with van der Waals surface area (Å²) in [6.45, 7) is 3.47. The Hall–Kier alpha value is -1.76. The largest absolute Gasteiger partial charge is 0.395 e. The van der Waals surface area contributed by atoms with Crippen LogP contribution in [0.3, 0.4) is 0 Å². The molecule has 0 radical (unpaired) electrons. The lowest BCUT2D eigenvalue weighted by atomic mass is 10.1. The molecule has 2 rings (SSSR count). The smallest absolute Gasteiger partial charge is 0.255 e. The second kappa shape index (κ2) is 6.13. The summed E-state index contributed by atoms with van der Waals surface area (Å²) >= 11 is 0. The zero-order chi connectivity index (χ0) is 14.7. The van der Waals surface area contributed by atoms with Crippen molar-refractivity contribution >= 4 is 11.3 Å². The van der Waals surface area contributed by atoms with Crippen molar-refractivity contribution in [3.8, 4) is 0 Å². The lowest BCUT2D eigenvalue weighted by molar-refractivity contribution is 0.152. The molecule has 0 unspecified atom stereocenters. The molecule has 0 aliphatic carbocycles. The maximum absolute atomic E-state index is 12.7.